The molecule has 1 aromatic rings. The van der Waals surface area contributed by atoms with Crippen LogP contribution in [0.1, 0.15) is 63.7 Å². The van der Waals surface area contributed by atoms with E-state index in [1.807, 2.05) is 0 Å². The summed E-state index contributed by atoms with van der Waals surface area (Å²) in [5.74, 6) is 1.72. The second-order valence-electron chi connectivity index (χ2n) is 6.76. The molecule has 1 aliphatic carbocycles. The van der Waals surface area contributed by atoms with Crippen molar-refractivity contribution in [3.8, 4) is 0 Å². The molecule has 0 bridgehead atoms. The second-order valence-corrected chi connectivity index (χ2v) is 6.76. The number of H-pyrrole nitrogens is 1. The third kappa shape index (κ3) is 3.04. The fraction of sp³-hybridized carbons (Fsp3) is 0.867. The molecule has 112 valence electrons. The van der Waals surface area contributed by atoms with Crippen LogP contribution in [-0.2, 0) is 0 Å². The van der Waals surface area contributed by atoms with Gasteiger partial charge >= 0.3 is 0 Å². The molecule has 5 heteroatoms. The van der Waals surface area contributed by atoms with Crippen LogP contribution in [0.15, 0.2) is 6.33 Å². The van der Waals surface area contributed by atoms with E-state index in [-0.39, 0.29) is 0 Å². The van der Waals surface area contributed by atoms with Crippen LogP contribution in [0.3, 0.4) is 0 Å². The van der Waals surface area contributed by atoms with Crippen molar-refractivity contribution in [2.45, 2.75) is 63.5 Å². The Morgan fingerprint density at radius 2 is 2.15 bits per heavy atom. The van der Waals surface area contributed by atoms with E-state index >= 15 is 0 Å². The molecule has 1 saturated heterocycles. The zero-order valence-corrected chi connectivity index (χ0v) is 12.4. The Labute approximate surface area is 120 Å². The molecule has 2 fully saturated rings. The van der Waals surface area contributed by atoms with Gasteiger partial charge < -0.3 is 5.11 Å². The largest absolute Gasteiger partial charge is 0.389 e. The molecule has 0 aromatic carbocycles. The molecule has 0 radical (unpaired) electrons. The first-order chi connectivity index (χ1) is 9.66. The van der Waals surface area contributed by atoms with Crippen molar-refractivity contribution in [1.29, 1.82) is 0 Å². The summed E-state index contributed by atoms with van der Waals surface area (Å²) in [6.07, 6.45) is 9.32. The van der Waals surface area contributed by atoms with Gasteiger partial charge in [0, 0.05) is 6.54 Å². The Morgan fingerprint density at radius 3 is 2.85 bits per heavy atom. The lowest BCUT2D eigenvalue weighted by atomic mass is 9.79. The average Bonchev–Trinajstić information content (AvgIpc) is 2.97. The molecule has 2 heterocycles. The molecule has 1 aliphatic heterocycles. The number of likely N-dealkylation sites (tertiary alicyclic amines) is 1. The summed E-state index contributed by atoms with van der Waals surface area (Å²) in [6.45, 7) is 4.13. The van der Waals surface area contributed by atoms with E-state index in [2.05, 4.69) is 27.0 Å². The maximum Gasteiger partial charge on any atom is 0.141 e. The number of nitrogens with one attached hydrogen (secondary N) is 1. The lowest BCUT2D eigenvalue weighted by Gasteiger charge is -2.42. The number of hydrogen-bond donors (Lipinski definition) is 2. The number of piperidine rings is 1. The molecular weight excluding hydrogens is 252 g/mol. The van der Waals surface area contributed by atoms with E-state index in [0.29, 0.717) is 6.04 Å². The summed E-state index contributed by atoms with van der Waals surface area (Å²) in [4.78, 5) is 6.74. The van der Waals surface area contributed by atoms with Crippen LogP contribution in [0, 0.1) is 5.92 Å². The molecule has 1 saturated carbocycles. The summed E-state index contributed by atoms with van der Waals surface area (Å²) in [6, 6.07) is 0.301. The van der Waals surface area contributed by atoms with Gasteiger partial charge in [-0.2, -0.15) is 5.10 Å². The van der Waals surface area contributed by atoms with Gasteiger partial charge in [0.1, 0.15) is 12.2 Å². The first-order valence-electron chi connectivity index (χ1n) is 7.98. The van der Waals surface area contributed by atoms with E-state index < -0.39 is 5.60 Å². The predicted octanol–water partition coefficient (Wildman–Crippen LogP) is 2.27. The molecule has 3 rings (SSSR count). The molecular formula is C15H26N4O. The highest BCUT2D eigenvalue weighted by molar-refractivity contribution is 4.97. The van der Waals surface area contributed by atoms with E-state index in [9.17, 15) is 5.11 Å². The molecule has 20 heavy (non-hydrogen) atoms. The van der Waals surface area contributed by atoms with Crippen LogP contribution >= 0.6 is 0 Å². The Hall–Kier alpha value is -0.940. The molecule has 0 spiro atoms. The summed E-state index contributed by atoms with van der Waals surface area (Å²) >= 11 is 0. The maximum atomic E-state index is 10.9. The minimum atomic E-state index is -0.498. The van der Waals surface area contributed by atoms with Gasteiger partial charge in [0.15, 0.2) is 0 Å². The van der Waals surface area contributed by atoms with Crippen molar-refractivity contribution in [2.24, 2.45) is 5.92 Å². The number of aromatic amines is 1. The zero-order chi connectivity index (χ0) is 14.0. The molecule has 0 amide bonds. The average molecular weight is 278 g/mol. The highest BCUT2D eigenvalue weighted by Gasteiger charge is 2.37. The zero-order valence-electron chi connectivity index (χ0n) is 12.4. The molecule has 0 unspecified atom stereocenters. The SMILES string of the molecule is CC1CCC(O)(CN2CCCC[C@H]2c2ncn[nH]2)CC1. The number of aliphatic hydroxyl groups is 1. The number of hydrogen-bond acceptors (Lipinski definition) is 4. The Morgan fingerprint density at radius 1 is 1.35 bits per heavy atom. The Kier molecular flexibility index (Phi) is 4.08. The van der Waals surface area contributed by atoms with Crippen molar-refractivity contribution in [3.05, 3.63) is 12.2 Å². The normalized spacial score (nSPS) is 36.1. The summed E-state index contributed by atoms with van der Waals surface area (Å²) in [5.41, 5.74) is -0.498. The van der Waals surface area contributed by atoms with Gasteiger partial charge in [0.25, 0.3) is 0 Å². The van der Waals surface area contributed by atoms with Gasteiger partial charge in [-0.15, -0.1) is 0 Å². The quantitative estimate of drug-likeness (QED) is 0.890. The fourth-order valence-electron chi connectivity index (χ4n) is 3.70. The first-order valence-corrected chi connectivity index (χ1v) is 7.98. The number of nitrogens with zero attached hydrogens (tertiary/aromatic N) is 3. The van der Waals surface area contributed by atoms with Gasteiger partial charge in [0.05, 0.1) is 11.6 Å². The second kappa shape index (κ2) is 5.82. The summed E-state index contributed by atoms with van der Waals surface area (Å²) < 4.78 is 0. The third-order valence-electron chi connectivity index (χ3n) is 5.07. The van der Waals surface area contributed by atoms with Crippen LogP contribution < -0.4 is 0 Å². The molecule has 1 aromatic heterocycles. The lowest BCUT2D eigenvalue weighted by Crippen LogP contribution is -2.48. The molecule has 2 aliphatic rings. The van der Waals surface area contributed by atoms with Gasteiger partial charge in [-0.05, 0) is 51.0 Å². The van der Waals surface area contributed by atoms with Crippen LogP contribution in [0.5, 0.6) is 0 Å². The van der Waals surface area contributed by atoms with Gasteiger partial charge in [-0.25, -0.2) is 4.98 Å². The molecule has 5 nitrogen and oxygen atoms in total. The third-order valence-corrected chi connectivity index (χ3v) is 5.07. The number of β-amino-alcohol motifs (C(OH)–C–C–N with tert-alkyl or cyclic N) is 1. The monoisotopic (exact) mass is 278 g/mol. The first kappa shape index (κ1) is 14.0. The van der Waals surface area contributed by atoms with Crippen molar-refractivity contribution in [1.82, 2.24) is 20.1 Å². The van der Waals surface area contributed by atoms with Crippen LogP contribution in [-0.4, -0.2) is 43.9 Å². The van der Waals surface area contributed by atoms with Crippen molar-refractivity contribution in [2.75, 3.05) is 13.1 Å². The Bertz CT molecular complexity index is 412. The van der Waals surface area contributed by atoms with Crippen LogP contribution in [0.25, 0.3) is 0 Å². The van der Waals surface area contributed by atoms with Gasteiger partial charge in [-0.1, -0.05) is 13.3 Å². The standard InChI is InChI=1S/C15H26N4O/c1-12-5-7-15(20,8-6-12)10-19-9-3-2-4-13(19)14-16-11-17-18-14/h11-13,20H,2-10H2,1H3,(H,16,17,18)/t12?,13-,15?/m0/s1. The molecule has 2 N–H and O–H groups in total. The molecule has 1 atom stereocenters. The Balaban J connectivity index is 1.68. The topological polar surface area (TPSA) is 65.0 Å². The van der Waals surface area contributed by atoms with E-state index in [0.717, 1.165) is 56.9 Å². The maximum absolute atomic E-state index is 10.9. The van der Waals surface area contributed by atoms with Crippen molar-refractivity contribution < 1.29 is 5.11 Å². The predicted molar refractivity (Wildman–Crippen MR) is 77.1 cm³/mol. The van der Waals surface area contributed by atoms with E-state index in [4.69, 9.17) is 0 Å². The van der Waals surface area contributed by atoms with E-state index in [1.165, 1.54) is 12.8 Å². The summed E-state index contributed by atoms with van der Waals surface area (Å²) in [7, 11) is 0. The minimum Gasteiger partial charge on any atom is -0.389 e. The lowest BCUT2D eigenvalue weighted by molar-refractivity contribution is -0.0508. The number of aromatic nitrogens is 3. The highest BCUT2D eigenvalue weighted by Crippen LogP contribution is 2.36. The van der Waals surface area contributed by atoms with Gasteiger partial charge in [-0.3, -0.25) is 10.00 Å². The summed E-state index contributed by atoms with van der Waals surface area (Å²) in [5, 5.41) is 17.9. The fourth-order valence-corrected chi connectivity index (χ4v) is 3.70. The van der Waals surface area contributed by atoms with Crippen molar-refractivity contribution in [3.63, 3.8) is 0 Å². The highest BCUT2D eigenvalue weighted by atomic mass is 16.3. The van der Waals surface area contributed by atoms with Crippen LogP contribution in [0.2, 0.25) is 0 Å². The minimum absolute atomic E-state index is 0.301. The van der Waals surface area contributed by atoms with Crippen LogP contribution in [0.4, 0.5) is 0 Å². The van der Waals surface area contributed by atoms with Gasteiger partial charge in [0.2, 0.25) is 0 Å². The van der Waals surface area contributed by atoms with Crippen molar-refractivity contribution >= 4 is 0 Å². The smallest absolute Gasteiger partial charge is 0.141 e. The van der Waals surface area contributed by atoms with E-state index in [1.54, 1.807) is 6.33 Å². The number of rotatable bonds is 3.